The van der Waals surface area contributed by atoms with E-state index in [2.05, 4.69) is 38.8 Å². The molecule has 3 heterocycles. The SMILES string of the molecule is CC1CCN(c2ccc(NCc3cn(-c4cccc(NC(=O)c5cc(F)cc(F)c5)c4)nn3)cc2C(=O)N2CCCC2)CC1. The van der Waals surface area contributed by atoms with Crippen molar-refractivity contribution >= 4 is 28.9 Å². The molecule has 2 saturated heterocycles. The molecule has 2 fully saturated rings. The van der Waals surface area contributed by atoms with Gasteiger partial charge in [-0.25, -0.2) is 13.5 Å². The van der Waals surface area contributed by atoms with Crippen LogP contribution in [0.5, 0.6) is 0 Å². The highest BCUT2D eigenvalue weighted by Gasteiger charge is 2.26. The molecule has 2 aliphatic rings. The number of nitrogens with zero attached hydrogens (tertiary/aromatic N) is 5. The van der Waals surface area contributed by atoms with Gasteiger partial charge in [-0.1, -0.05) is 18.2 Å². The Morgan fingerprint density at radius 2 is 1.66 bits per heavy atom. The van der Waals surface area contributed by atoms with Crippen molar-refractivity contribution in [2.24, 2.45) is 5.92 Å². The van der Waals surface area contributed by atoms with Crippen LogP contribution in [0.2, 0.25) is 0 Å². The highest BCUT2D eigenvalue weighted by molar-refractivity contribution is 6.04. The van der Waals surface area contributed by atoms with E-state index in [0.717, 1.165) is 80.9 Å². The maximum atomic E-state index is 13.6. The van der Waals surface area contributed by atoms with Crippen LogP contribution in [0.4, 0.5) is 25.8 Å². The Morgan fingerprint density at radius 1 is 0.909 bits per heavy atom. The van der Waals surface area contributed by atoms with Gasteiger partial charge in [0.1, 0.15) is 17.3 Å². The number of benzene rings is 3. The number of piperidine rings is 1. The van der Waals surface area contributed by atoms with Gasteiger partial charge >= 0.3 is 0 Å². The lowest BCUT2D eigenvalue weighted by atomic mass is 9.97. The maximum Gasteiger partial charge on any atom is 0.256 e. The summed E-state index contributed by atoms with van der Waals surface area (Å²) in [5.74, 6) is -1.50. The van der Waals surface area contributed by atoms with E-state index in [-0.39, 0.29) is 11.5 Å². The Hall–Kier alpha value is -4.80. The number of rotatable bonds is 8. The first-order chi connectivity index (χ1) is 21.3. The molecule has 0 atom stereocenters. The molecular weight excluding hydrogens is 564 g/mol. The smallest absolute Gasteiger partial charge is 0.256 e. The van der Waals surface area contributed by atoms with Crippen molar-refractivity contribution < 1.29 is 18.4 Å². The fourth-order valence-corrected chi connectivity index (χ4v) is 5.75. The second-order valence-corrected chi connectivity index (χ2v) is 11.6. The number of likely N-dealkylation sites (tertiary alicyclic amines) is 1. The van der Waals surface area contributed by atoms with E-state index in [1.54, 1.807) is 35.1 Å². The van der Waals surface area contributed by atoms with E-state index in [4.69, 9.17) is 0 Å². The summed E-state index contributed by atoms with van der Waals surface area (Å²) < 4.78 is 28.7. The minimum Gasteiger partial charge on any atom is -0.379 e. The first-order valence-corrected chi connectivity index (χ1v) is 15.0. The number of anilines is 3. The summed E-state index contributed by atoms with van der Waals surface area (Å²) in [5, 5.41) is 14.6. The lowest BCUT2D eigenvalue weighted by Gasteiger charge is -2.34. The summed E-state index contributed by atoms with van der Waals surface area (Å²) in [6.45, 7) is 6.16. The monoisotopic (exact) mass is 599 g/mol. The van der Waals surface area contributed by atoms with Crippen LogP contribution in [-0.2, 0) is 6.54 Å². The topological polar surface area (TPSA) is 95.4 Å². The van der Waals surface area contributed by atoms with Crippen molar-refractivity contribution in [2.75, 3.05) is 41.7 Å². The molecule has 44 heavy (non-hydrogen) atoms. The van der Waals surface area contributed by atoms with Gasteiger partial charge < -0.3 is 20.4 Å². The lowest BCUT2D eigenvalue weighted by molar-refractivity contribution is 0.0793. The van der Waals surface area contributed by atoms with Crippen LogP contribution in [0.1, 0.15) is 59.0 Å². The molecule has 0 bridgehead atoms. The van der Waals surface area contributed by atoms with Gasteiger partial charge in [-0.2, -0.15) is 0 Å². The normalized spacial score (nSPS) is 15.4. The third-order valence-corrected chi connectivity index (χ3v) is 8.25. The zero-order valence-electron chi connectivity index (χ0n) is 24.6. The highest BCUT2D eigenvalue weighted by atomic mass is 19.1. The van der Waals surface area contributed by atoms with Crippen LogP contribution in [-0.4, -0.2) is 57.9 Å². The number of aromatic nitrogens is 3. The Morgan fingerprint density at radius 3 is 2.41 bits per heavy atom. The zero-order chi connectivity index (χ0) is 30.6. The molecule has 1 aromatic heterocycles. The quantitative estimate of drug-likeness (QED) is 0.263. The fourth-order valence-electron chi connectivity index (χ4n) is 5.75. The van der Waals surface area contributed by atoms with Crippen LogP contribution in [0.15, 0.2) is 66.9 Å². The van der Waals surface area contributed by atoms with Crippen molar-refractivity contribution in [3.63, 3.8) is 0 Å². The van der Waals surface area contributed by atoms with Gasteiger partial charge in [0, 0.05) is 54.9 Å². The van der Waals surface area contributed by atoms with E-state index < -0.39 is 17.5 Å². The molecule has 228 valence electrons. The number of amides is 2. The van der Waals surface area contributed by atoms with Gasteiger partial charge in [0.25, 0.3) is 11.8 Å². The van der Waals surface area contributed by atoms with Crippen LogP contribution in [0.3, 0.4) is 0 Å². The molecule has 4 aromatic rings. The van der Waals surface area contributed by atoms with Crippen molar-refractivity contribution in [2.45, 2.75) is 39.2 Å². The first-order valence-electron chi connectivity index (χ1n) is 15.0. The molecule has 0 radical (unpaired) electrons. The molecule has 9 nitrogen and oxygen atoms in total. The Labute approximate surface area is 254 Å². The van der Waals surface area contributed by atoms with Crippen molar-refractivity contribution in [3.8, 4) is 5.69 Å². The lowest BCUT2D eigenvalue weighted by Crippen LogP contribution is -2.35. The van der Waals surface area contributed by atoms with Gasteiger partial charge in [-0.15, -0.1) is 5.10 Å². The predicted molar refractivity (Wildman–Crippen MR) is 165 cm³/mol. The van der Waals surface area contributed by atoms with E-state index >= 15 is 0 Å². The summed E-state index contributed by atoms with van der Waals surface area (Å²) >= 11 is 0. The molecule has 3 aromatic carbocycles. The van der Waals surface area contributed by atoms with E-state index in [1.807, 2.05) is 17.0 Å². The van der Waals surface area contributed by atoms with Gasteiger partial charge in [0.05, 0.1) is 24.0 Å². The Balaban J connectivity index is 1.14. The Kier molecular flexibility index (Phi) is 8.53. The van der Waals surface area contributed by atoms with Crippen LogP contribution in [0, 0.1) is 17.6 Å². The summed E-state index contributed by atoms with van der Waals surface area (Å²) in [6, 6.07) is 15.6. The van der Waals surface area contributed by atoms with Crippen molar-refractivity contribution in [1.82, 2.24) is 19.9 Å². The predicted octanol–water partition coefficient (Wildman–Crippen LogP) is 5.88. The second kappa shape index (κ2) is 12.8. The molecule has 11 heteroatoms. The van der Waals surface area contributed by atoms with Gasteiger partial charge in [-0.3, -0.25) is 9.59 Å². The molecule has 2 N–H and O–H groups in total. The molecular formula is C33H35F2N7O2. The standard InChI is InChI=1S/C33H35F2N7O2/c1-22-9-13-40(14-10-22)31-8-7-26(19-30(31)33(44)41-11-2-3-12-41)36-20-28-21-42(39-38-28)29-6-4-5-27(18-29)37-32(43)23-15-24(34)17-25(35)16-23/h4-8,15-19,21-22,36H,2-3,9-14,20H2,1H3,(H,37,43). The van der Waals surface area contributed by atoms with Crippen LogP contribution in [0.25, 0.3) is 5.69 Å². The van der Waals surface area contributed by atoms with Gasteiger partial charge in [0.15, 0.2) is 0 Å². The van der Waals surface area contributed by atoms with E-state index in [0.29, 0.717) is 35.6 Å². The molecule has 0 spiro atoms. The van der Waals surface area contributed by atoms with E-state index in [1.165, 1.54) is 0 Å². The number of carbonyl (C=O) groups is 2. The fraction of sp³-hybridized carbons (Fsp3) is 0.333. The molecule has 2 amide bonds. The largest absolute Gasteiger partial charge is 0.379 e. The first kappa shape index (κ1) is 29.3. The summed E-state index contributed by atoms with van der Waals surface area (Å²) in [4.78, 5) is 30.4. The van der Waals surface area contributed by atoms with Crippen LogP contribution >= 0.6 is 0 Å². The summed E-state index contributed by atoms with van der Waals surface area (Å²) in [7, 11) is 0. The third-order valence-electron chi connectivity index (χ3n) is 8.25. The molecule has 0 saturated carbocycles. The van der Waals surface area contributed by atoms with Gasteiger partial charge in [-0.05, 0) is 80.1 Å². The minimum atomic E-state index is -0.824. The average molecular weight is 600 g/mol. The minimum absolute atomic E-state index is 0.0835. The maximum absolute atomic E-state index is 13.6. The van der Waals surface area contributed by atoms with Crippen LogP contribution < -0.4 is 15.5 Å². The number of carbonyl (C=O) groups excluding carboxylic acids is 2. The summed E-state index contributed by atoms with van der Waals surface area (Å²) in [6.07, 6.45) is 6.09. The highest BCUT2D eigenvalue weighted by Crippen LogP contribution is 2.30. The number of nitrogens with one attached hydrogen (secondary N) is 2. The number of hydrogen-bond acceptors (Lipinski definition) is 6. The molecule has 0 aliphatic carbocycles. The molecule has 6 rings (SSSR count). The van der Waals surface area contributed by atoms with Crippen molar-refractivity contribution in [3.05, 3.63) is 95.3 Å². The summed E-state index contributed by atoms with van der Waals surface area (Å²) in [5.41, 5.74) is 4.20. The molecule has 2 aliphatic heterocycles. The van der Waals surface area contributed by atoms with Gasteiger partial charge in [0.2, 0.25) is 0 Å². The number of halogens is 2. The average Bonchev–Trinajstić information content (AvgIpc) is 3.73. The number of hydrogen-bond donors (Lipinski definition) is 2. The molecule has 0 unspecified atom stereocenters. The second-order valence-electron chi connectivity index (χ2n) is 11.6. The zero-order valence-corrected chi connectivity index (χ0v) is 24.6. The third kappa shape index (κ3) is 6.72. The van der Waals surface area contributed by atoms with Crippen molar-refractivity contribution in [1.29, 1.82) is 0 Å². The Bertz CT molecular complexity index is 1640. The van der Waals surface area contributed by atoms with E-state index in [9.17, 15) is 18.4 Å².